The van der Waals surface area contributed by atoms with Crippen molar-refractivity contribution in [2.75, 3.05) is 26.2 Å². The highest BCUT2D eigenvalue weighted by Crippen LogP contribution is 2.34. The van der Waals surface area contributed by atoms with E-state index in [4.69, 9.17) is 10.2 Å². The van der Waals surface area contributed by atoms with Gasteiger partial charge in [0.2, 0.25) is 0 Å². The monoisotopic (exact) mass is 402 g/mol. The lowest BCUT2D eigenvalue weighted by atomic mass is 10.1. The van der Waals surface area contributed by atoms with E-state index in [9.17, 15) is 4.79 Å². The van der Waals surface area contributed by atoms with Gasteiger partial charge in [-0.25, -0.2) is 4.98 Å². The second-order valence-electron chi connectivity index (χ2n) is 7.79. The Labute approximate surface area is 174 Å². The maximum Gasteiger partial charge on any atom is 0.253 e. The zero-order valence-electron chi connectivity index (χ0n) is 16.2. The Morgan fingerprint density at radius 3 is 2.69 bits per heavy atom. The second-order valence-corrected chi connectivity index (χ2v) is 8.90. The fraction of sp³-hybridized carbons (Fsp3) is 0.348. The molecule has 1 saturated heterocycles. The molecule has 1 unspecified atom stereocenters. The van der Waals surface area contributed by atoms with Crippen molar-refractivity contribution in [2.24, 2.45) is 0 Å². The van der Waals surface area contributed by atoms with Gasteiger partial charge in [0.05, 0.1) is 22.3 Å². The number of nitriles is 1. The molecule has 5 nitrogen and oxygen atoms in total. The van der Waals surface area contributed by atoms with Crippen molar-refractivity contribution in [2.45, 2.75) is 25.2 Å². The molecule has 1 aliphatic carbocycles. The summed E-state index contributed by atoms with van der Waals surface area (Å²) in [5.41, 5.74) is 3.83. The number of likely N-dealkylation sites (tertiary alicyclic amines) is 1. The molecule has 6 heteroatoms. The first-order valence-corrected chi connectivity index (χ1v) is 10.9. The fourth-order valence-corrected chi connectivity index (χ4v) is 5.45. The number of hydrogen-bond acceptors (Lipinski definition) is 5. The molecule has 0 bridgehead atoms. The molecule has 1 aromatic carbocycles. The Bertz CT molecular complexity index is 1020. The van der Waals surface area contributed by atoms with E-state index in [1.807, 2.05) is 16.2 Å². The van der Waals surface area contributed by atoms with Crippen molar-refractivity contribution >= 4 is 17.2 Å². The van der Waals surface area contributed by atoms with Gasteiger partial charge in [-0.3, -0.25) is 4.79 Å². The van der Waals surface area contributed by atoms with Crippen LogP contribution in [0, 0.1) is 11.3 Å². The molecule has 3 aliphatic rings. The number of carbonyl (C=O) groups excluding carboxylic acids is 1. The van der Waals surface area contributed by atoms with Crippen LogP contribution in [0.15, 0.2) is 48.2 Å². The Hall–Kier alpha value is -2.91. The Morgan fingerprint density at radius 2 is 1.97 bits per heavy atom. The summed E-state index contributed by atoms with van der Waals surface area (Å²) in [4.78, 5) is 23.6. The third kappa shape index (κ3) is 3.47. The van der Waals surface area contributed by atoms with Gasteiger partial charge in [0.1, 0.15) is 0 Å². The van der Waals surface area contributed by atoms with Crippen LogP contribution in [-0.4, -0.2) is 46.9 Å². The van der Waals surface area contributed by atoms with Crippen molar-refractivity contribution in [1.82, 2.24) is 14.8 Å². The van der Waals surface area contributed by atoms with Crippen molar-refractivity contribution in [3.8, 4) is 6.07 Å². The van der Waals surface area contributed by atoms with Gasteiger partial charge >= 0.3 is 0 Å². The topological polar surface area (TPSA) is 60.2 Å². The average Bonchev–Trinajstić information content (AvgIpc) is 3.31. The number of hydrogen-bond donors (Lipinski definition) is 0. The zero-order valence-corrected chi connectivity index (χ0v) is 17.0. The molecule has 3 heterocycles. The van der Waals surface area contributed by atoms with Gasteiger partial charge < -0.3 is 9.80 Å². The molecule has 1 amide bonds. The number of allylic oxidation sites excluding steroid dienone is 3. The first kappa shape index (κ1) is 18.1. The van der Waals surface area contributed by atoms with Crippen LogP contribution in [0.1, 0.15) is 43.8 Å². The molecule has 2 aliphatic heterocycles. The minimum atomic E-state index is 0.0487. The van der Waals surface area contributed by atoms with Crippen LogP contribution in [0.25, 0.3) is 0 Å². The summed E-state index contributed by atoms with van der Waals surface area (Å²) in [7, 11) is 0. The number of aromatic nitrogens is 1. The van der Waals surface area contributed by atoms with Gasteiger partial charge in [-0.2, -0.15) is 5.26 Å². The van der Waals surface area contributed by atoms with Crippen molar-refractivity contribution in [1.29, 1.82) is 5.26 Å². The molecule has 5 rings (SSSR count). The highest BCUT2D eigenvalue weighted by molar-refractivity contribution is 7.11. The molecular formula is C23H22N4OS. The lowest BCUT2D eigenvalue weighted by Crippen LogP contribution is -2.28. The fourth-order valence-electron chi connectivity index (χ4n) is 4.23. The smallest absolute Gasteiger partial charge is 0.253 e. The first-order chi connectivity index (χ1) is 14.2. The van der Waals surface area contributed by atoms with Crippen LogP contribution in [0.5, 0.6) is 0 Å². The average molecular weight is 403 g/mol. The quantitative estimate of drug-likeness (QED) is 0.788. The van der Waals surface area contributed by atoms with E-state index in [2.05, 4.69) is 29.2 Å². The van der Waals surface area contributed by atoms with E-state index in [0.29, 0.717) is 17.0 Å². The summed E-state index contributed by atoms with van der Waals surface area (Å²) in [6, 6.07) is 9.00. The van der Waals surface area contributed by atoms with Crippen molar-refractivity contribution < 1.29 is 4.79 Å². The van der Waals surface area contributed by atoms with E-state index >= 15 is 0 Å². The number of fused-ring (bicyclic) bond motifs is 1. The van der Waals surface area contributed by atoms with Crippen LogP contribution >= 0.6 is 11.3 Å². The molecule has 2 aromatic rings. The summed E-state index contributed by atoms with van der Waals surface area (Å²) >= 11 is 1.85. The van der Waals surface area contributed by atoms with Crippen LogP contribution in [-0.2, 0) is 12.8 Å². The SMILES string of the molecule is N#Cc1ccc(C(=O)N2CCC(c3nc4c(s3)CCN(C3=CC=C3)CC4)C2)cc1. The largest absolute Gasteiger partial charge is 0.371 e. The predicted octanol–water partition coefficient (Wildman–Crippen LogP) is 3.50. The van der Waals surface area contributed by atoms with Gasteiger partial charge in [0.25, 0.3) is 5.91 Å². The number of benzene rings is 1. The second kappa shape index (κ2) is 7.49. The Kier molecular flexibility index (Phi) is 4.69. The van der Waals surface area contributed by atoms with Gasteiger partial charge in [-0.1, -0.05) is 6.08 Å². The summed E-state index contributed by atoms with van der Waals surface area (Å²) < 4.78 is 0. The van der Waals surface area contributed by atoms with Crippen molar-refractivity contribution in [3.63, 3.8) is 0 Å². The predicted molar refractivity (Wildman–Crippen MR) is 113 cm³/mol. The minimum Gasteiger partial charge on any atom is -0.371 e. The maximum atomic E-state index is 12.8. The third-order valence-electron chi connectivity index (χ3n) is 6.01. The molecule has 29 heavy (non-hydrogen) atoms. The lowest BCUT2D eigenvalue weighted by Gasteiger charge is -2.26. The van der Waals surface area contributed by atoms with Gasteiger partial charge in [0.15, 0.2) is 0 Å². The highest BCUT2D eigenvalue weighted by Gasteiger charge is 2.31. The number of carbonyl (C=O) groups is 1. The number of thiazole rings is 1. The molecule has 146 valence electrons. The number of rotatable bonds is 3. The number of nitrogens with zero attached hydrogens (tertiary/aromatic N) is 4. The molecule has 0 N–H and O–H groups in total. The molecular weight excluding hydrogens is 380 g/mol. The van der Waals surface area contributed by atoms with E-state index in [-0.39, 0.29) is 5.91 Å². The summed E-state index contributed by atoms with van der Waals surface area (Å²) in [6.45, 7) is 3.58. The van der Waals surface area contributed by atoms with E-state index < -0.39 is 0 Å². The molecule has 0 radical (unpaired) electrons. The van der Waals surface area contributed by atoms with Crippen molar-refractivity contribution in [3.05, 3.63) is 74.9 Å². The van der Waals surface area contributed by atoms with Crippen LogP contribution in [0.4, 0.5) is 0 Å². The third-order valence-corrected chi connectivity index (χ3v) is 7.33. The Morgan fingerprint density at radius 1 is 1.17 bits per heavy atom. The van der Waals surface area contributed by atoms with E-state index in [1.54, 1.807) is 24.3 Å². The highest BCUT2D eigenvalue weighted by atomic mass is 32.1. The summed E-state index contributed by atoms with van der Waals surface area (Å²) in [5.74, 6) is 0.384. The number of amides is 1. The first-order valence-electron chi connectivity index (χ1n) is 10.1. The molecule has 1 atom stereocenters. The van der Waals surface area contributed by atoms with Crippen LogP contribution < -0.4 is 0 Å². The van der Waals surface area contributed by atoms with Gasteiger partial charge in [-0.15, -0.1) is 11.3 Å². The molecule has 0 saturated carbocycles. The molecule has 1 aromatic heterocycles. The van der Waals surface area contributed by atoms with E-state index in [1.165, 1.54) is 21.3 Å². The molecule has 1 fully saturated rings. The van der Waals surface area contributed by atoms with E-state index in [0.717, 1.165) is 45.4 Å². The molecule has 0 spiro atoms. The summed E-state index contributed by atoms with van der Waals surface area (Å²) in [6.07, 6.45) is 9.47. The Balaban J connectivity index is 1.24. The lowest BCUT2D eigenvalue weighted by molar-refractivity contribution is 0.0791. The van der Waals surface area contributed by atoms with Crippen LogP contribution in [0.3, 0.4) is 0 Å². The normalized spacial score (nSPS) is 20.5. The summed E-state index contributed by atoms with van der Waals surface area (Å²) in [5, 5.41) is 10.1. The zero-order chi connectivity index (χ0) is 19.8. The van der Waals surface area contributed by atoms with Crippen LogP contribution in [0.2, 0.25) is 0 Å². The van der Waals surface area contributed by atoms with Gasteiger partial charge in [-0.05, 0) is 42.8 Å². The maximum absolute atomic E-state index is 12.8. The standard InChI is InChI=1S/C23H22N4OS/c24-14-16-4-6-17(7-5-16)23(28)27-11-8-18(15-27)22-25-20-9-12-26(19-2-1-3-19)13-10-21(20)29-22/h1-7,18H,8-13,15H2. The minimum absolute atomic E-state index is 0.0487. The van der Waals surface area contributed by atoms with Gasteiger partial charge in [0, 0.05) is 61.1 Å².